The second-order valence-corrected chi connectivity index (χ2v) is 5.84. The Morgan fingerprint density at radius 1 is 1.46 bits per heavy atom. The van der Waals surface area contributed by atoms with Crippen molar-refractivity contribution in [3.63, 3.8) is 0 Å². The van der Waals surface area contributed by atoms with E-state index in [1.807, 2.05) is 11.3 Å². The average molecular weight is 262 g/mol. The first-order valence-electron chi connectivity index (χ1n) is 4.72. The van der Waals surface area contributed by atoms with Crippen molar-refractivity contribution in [3.8, 4) is 0 Å². The lowest BCUT2D eigenvalue weighted by atomic mass is 10.1. The smallest absolute Gasteiger partial charge is 0.0701 e. The Balaban J connectivity index is 2.26. The quantitative estimate of drug-likeness (QED) is 0.862. The molecule has 0 spiro atoms. The third kappa shape index (κ3) is 4.25. The van der Waals surface area contributed by atoms with Crippen molar-refractivity contribution in [3.05, 3.63) is 20.8 Å². The van der Waals surface area contributed by atoms with Crippen LogP contribution >= 0.6 is 27.3 Å². The molecule has 1 rings (SSSR count). The number of hydrogen-bond donors (Lipinski definition) is 1. The van der Waals surface area contributed by atoms with Gasteiger partial charge in [-0.15, -0.1) is 11.3 Å². The van der Waals surface area contributed by atoms with Gasteiger partial charge in [-0.1, -0.05) is 13.3 Å². The molecule has 13 heavy (non-hydrogen) atoms. The van der Waals surface area contributed by atoms with E-state index >= 15 is 0 Å². The van der Waals surface area contributed by atoms with E-state index in [1.165, 1.54) is 15.1 Å². The highest BCUT2D eigenvalue weighted by atomic mass is 79.9. The monoisotopic (exact) mass is 261 g/mol. The first-order valence-corrected chi connectivity index (χ1v) is 6.33. The molecule has 0 aliphatic heterocycles. The number of thiophene rings is 1. The molecular formula is C10H16BrNS. The Kier molecular flexibility index (Phi) is 4.99. The molecule has 0 aromatic carbocycles. The summed E-state index contributed by atoms with van der Waals surface area (Å²) in [5, 5.41) is 0. The van der Waals surface area contributed by atoms with Crippen LogP contribution < -0.4 is 5.73 Å². The van der Waals surface area contributed by atoms with Gasteiger partial charge < -0.3 is 5.73 Å². The van der Waals surface area contributed by atoms with Crippen LogP contribution in [0.1, 0.15) is 31.1 Å². The lowest BCUT2D eigenvalue weighted by molar-refractivity contribution is 0.563. The number of rotatable bonds is 5. The van der Waals surface area contributed by atoms with E-state index in [1.54, 1.807) is 0 Å². The molecule has 0 aliphatic carbocycles. The van der Waals surface area contributed by atoms with Crippen LogP contribution in [0.2, 0.25) is 0 Å². The van der Waals surface area contributed by atoms with Gasteiger partial charge in [0.15, 0.2) is 0 Å². The molecule has 0 fully saturated rings. The van der Waals surface area contributed by atoms with Crippen LogP contribution in [-0.2, 0) is 6.42 Å². The molecule has 0 aliphatic rings. The van der Waals surface area contributed by atoms with Crippen molar-refractivity contribution in [2.24, 2.45) is 5.73 Å². The van der Waals surface area contributed by atoms with Crippen LogP contribution in [0.25, 0.3) is 0 Å². The van der Waals surface area contributed by atoms with Crippen molar-refractivity contribution in [2.45, 2.75) is 38.6 Å². The van der Waals surface area contributed by atoms with Gasteiger partial charge in [0, 0.05) is 10.9 Å². The molecule has 3 heteroatoms. The van der Waals surface area contributed by atoms with Gasteiger partial charge in [0.1, 0.15) is 0 Å². The molecule has 0 radical (unpaired) electrons. The predicted octanol–water partition coefficient (Wildman–Crippen LogP) is 3.57. The normalized spacial score (nSPS) is 13.2. The zero-order chi connectivity index (χ0) is 9.68. The van der Waals surface area contributed by atoms with Crippen molar-refractivity contribution in [2.75, 3.05) is 0 Å². The zero-order valence-electron chi connectivity index (χ0n) is 7.92. The van der Waals surface area contributed by atoms with Gasteiger partial charge in [0.2, 0.25) is 0 Å². The van der Waals surface area contributed by atoms with Gasteiger partial charge >= 0.3 is 0 Å². The molecule has 1 atom stereocenters. The molecule has 0 saturated carbocycles. The standard InChI is InChI=1S/C10H16BrNS/c1-2-3-8(12)4-5-9-6-7-10(11)13-9/h6-8H,2-5,12H2,1H3. The molecule has 0 bridgehead atoms. The van der Waals surface area contributed by atoms with Crippen LogP contribution in [0.3, 0.4) is 0 Å². The largest absolute Gasteiger partial charge is 0.328 e. The third-order valence-corrected chi connectivity index (χ3v) is 3.73. The maximum absolute atomic E-state index is 5.93. The fourth-order valence-corrected chi connectivity index (χ4v) is 2.83. The first kappa shape index (κ1) is 11.2. The van der Waals surface area contributed by atoms with Crippen molar-refractivity contribution < 1.29 is 0 Å². The number of nitrogens with two attached hydrogens (primary N) is 1. The lowest BCUT2D eigenvalue weighted by Gasteiger charge is -2.08. The number of aryl methyl sites for hydroxylation is 1. The highest BCUT2D eigenvalue weighted by molar-refractivity contribution is 9.11. The molecule has 2 N–H and O–H groups in total. The van der Waals surface area contributed by atoms with Crippen LogP contribution in [-0.4, -0.2) is 6.04 Å². The predicted molar refractivity (Wildman–Crippen MR) is 63.2 cm³/mol. The van der Waals surface area contributed by atoms with Crippen LogP contribution in [0, 0.1) is 0 Å². The van der Waals surface area contributed by atoms with Crippen molar-refractivity contribution in [1.82, 2.24) is 0 Å². The average Bonchev–Trinajstić information content (AvgIpc) is 2.49. The summed E-state index contributed by atoms with van der Waals surface area (Å²) in [6.45, 7) is 2.18. The van der Waals surface area contributed by atoms with E-state index in [0.29, 0.717) is 6.04 Å². The van der Waals surface area contributed by atoms with Gasteiger partial charge in [0.25, 0.3) is 0 Å². The highest BCUT2D eigenvalue weighted by Gasteiger charge is 2.03. The minimum absolute atomic E-state index is 0.380. The second kappa shape index (κ2) is 5.78. The maximum atomic E-state index is 5.93. The fraction of sp³-hybridized carbons (Fsp3) is 0.600. The Morgan fingerprint density at radius 2 is 2.23 bits per heavy atom. The minimum Gasteiger partial charge on any atom is -0.328 e. The maximum Gasteiger partial charge on any atom is 0.0701 e. The van der Waals surface area contributed by atoms with E-state index in [2.05, 4.69) is 35.0 Å². The SMILES string of the molecule is CCCC(N)CCc1ccc(Br)s1. The molecule has 74 valence electrons. The summed E-state index contributed by atoms with van der Waals surface area (Å²) in [5.74, 6) is 0. The summed E-state index contributed by atoms with van der Waals surface area (Å²) < 4.78 is 1.21. The van der Waals surface area contributed by atoms with E-state index in [0.717, 1.165) is 19.3 Å². The molecule has 1 nitrogen and oxygen atoms in total. The van der Waals surface area contributed by atoms with Crippen molar-refractivity contribution >= 4 is 27.3 Å². The molecule has 1 heterocycles. The van der Waals surface area contributed by atoms with Gasteiger partial charge in [-0.25, -0.2) is 0 Å². The highest BCUT2D eigenvalue weighted by Crippen LogP contribution is 2.23. The van der Waals surface area contributed by atoms with Crippen LogP contribution in [0.15, 0.2) is 15.9 Å². The lowest BCUT2D eigenvalue weighted by Crippen LogP contribution is -2.19. The molecule has 1 aromatic heterocycles. The summed E-state index contributed by atoms with van der Waals surface area (Å²) in [5.41, 5.74) is 5.93. The van der Waals surface area contributed by atoms with Crippen LogP contribution in [0.4, 0.5) is 0 Å². The van der Waals surface area contributed by atoms with Crippen LogP contribution in [0.5, 0.6) is 0 Å². The fourth-order valence-electron chi connectivity index (χ4n) is 1.33. The van der Waals surface area contributed by atoms with Gasteiger partial charge in [-0.3, -0.25) is 0 Å². The Bertz CT molecular complexity index is 247. The molecule has 1 aromatic rings. The summed E-state index contributed by atoms with van der Waals surface area (Å²) in [6, 6.07) is 4.66. The molecule has 0 saturated heterocycles. The number of hydrogen-bond acceptors (Lipinski definition) is 2. The summed E-state index contributed by atoms with van der Waals surface area (Å²) in [7, 11) is 0. The Morgan fingerprint density at radius 3 is 2.77 bits per heavy atom. The first-order chi connectivity index (χ1) is 6.22. The van der Waals surface area contributed by atoms with Gasteiger partial charge in [-0.05, 0) is 47.3 Å². The van der Waals surface area contributed by atoms with E-state index in [-0.39, 0.29) is 0 Å². The summed E-state index contributed by atoms with van der Waals surface area (Å²) >= 11 is 5.27. The van der Waals surface area contributed by atoms with Crippen molar-refractivity contribution in [1.29, 1.82) is 0 Å². The summed E-state index contributed by atoms with van der Waals surface area (Å²) in [4.78, 5) is 1.43. The Labute approximate surface area is 92.5 Å². The third-order valence-electron chi connectivity index (χ3n) is 2.05. The number of halogens is 1. The Hall–Kier alpha value is 0.140. The topological polar surface area (TPSA) is 26.0 Å². The summed E-state index contributed by atoms with van der Waals surface area (Å²) in [6.07, 6.45) is 4.57. The molecule has 1 unspecified atom stereocenters. The van der Waals surface area contributed by atoms with E-state index < -0.39 is 0 Å². The van der Waals surface area contributed by atoms with E-state index in [9.17, 15) is 0 Å². The molecule has 0 amide bonds. The molecular weight excluding hydrogens is 246 g/mol. The van der Waals surface area contributed by atoms with Gasteiger partial charge in [0.05, 0.1) is 3.79 Å². The zero-order valence-corrected chi connectivity index (χ0v) is 10.3. The van der Waals surface area contributed by atoms with Gasteiger partial charge in [-0.2, -0.15) is 0 Å². The minimum atomic E-state index is 0.380. The second-order valence-electron chi connectivity index (χ2n) is 3.29. The van der Waals surface area contributed by atoms with E-state index in [4.69, 9.17) is 5.73 Å².